The summed E-state index contributed by atoms with van der Waals surface area (Å²) in [6.45, 7) is 1.91. The molecule has 0 aliphatic heterocycles. The highest BCUT2D eigenvalue weighted by molar-refractivity contribution is 7.12. The number of carbonyl (C=O) groups is 1. The van der Waals surface area contributed by atoms with Crippen LogP contribution in [0.25, 0.3) is 0 Å². The molecule has 2 aromatic rings. The second kappa shape index (κ2) is 3.10. The van der Waals surface area contributed by atoms with Gasteiger partial charge in [0, 0.05) is 0 Å². The highest BCUT2D eigenvalue weighted by Gasteiger charge is 2.14. The van der Waals surface area contributed by atoms with Gasteiger partial charge < -0.3 is 0 Å². The van der Waals surface area contributed by atoms with E-state index in [2.05, 4.69) is 15.4 Å². The van der Waals surface area contributed by atoms with E-state index in [1.54, 1.807) is 0 Å². The molecule has 4 nitrogen and oxygen atoms in total. The Balaban J connectivity index is 2.39. The summed E-state index contributed by atoms with van der Waals surface area (Å²) in [7, 11) is 0. The number of H-pyrrole nitrogens is 1. The molecule has 2 rings (SSSR count). The highest BCUT2D eigenvalue weighted by Crippen LogP contribution is 2.18. The average molecular weight is 193 g/mol. The summed E-state index contributed by atoms with van der Waals surface area (Å²) in [6, 6.07) is 1.91. The number of hydrogen-bond donors (Lipinski definition) is 1. The van der Waals surface area contributed by atoms with E-state index in [1.165, 1.54) is 17.5 Å². The smallest absolute Gasteiger partial charge is 0.225 e. The van der Waals surface area contributed by atoms with Gasteiger partial charge in [-0.2, -0.15) is 15.4 Å². The molecule has 0 aromatic carbocycles. The normalized spacial score (nSPS) is 10.2. The third kappa shape index (κ3) is 1.38. The van der Waals surface area contributed by atoms with Gasteiger partial charge in [-0.05, 0) is 23.9 Å². The standard InChI is InChI=1S/C8H7N3OS/c1-5-2-3-13-8(5)7(12)6-4-9-11-10-6/h2-4H,1H3,(H,9,10,11). The Labute approximate surface area is 78.6 Å². The van der Waals surface area contributed by atoms with Crippen LogP contribution in [0.5, 0.6) is 0 Å². The maximum absolute atomic E-state index is 11.7. The predicted octanol–water partition coefficient (Wildman–Crippen LogP) is 1.41. The Bertz CT molecular complexity index is 418. The minimum atomic E-state index is -0.0683. The lowest BCUT2D eigenvalue weighted by molar-refractivity contribution is 0.103. The lowest BCUT2D eigenvalue weighted by atomic mass is 10.2. The van der Waals surface area contributed by atoms with E-state index in [4.69, 9.17) is 0 Å². The van der Waals surface area contributed by atoms with E-state index in [-0.39, 0.29) is 5.78 Å². The van der Waals surface area contributed by atoms with Crippen LogP contribution in [0.1, 0.15) is 20.9 Å². The van der Waals surface area contributed by atoms with Crippen LogP contribution < -0.4 is 0 Å². The number of aromatic amines is 1. The molecule has 2 heterocycles. The fourth-order valence-electron chi connectivity index (χ4n) is 1.03. The second-order valence-corrected chi connectivity index (χ2v) is 3.53. The molecule has 0 unspecified atom stereocenters. The minimum Gasteiger partial charge on any atom is -0.286 e. The Morgan fingerprint density at radius 2 is 2.46 bits per heavy atom. The van der Waals surface area contributed by atoms with Crippen molar-refractivity contribution in [1.82, 2.24) is 15.4 Å². The van der Waals surface area contributed by atoms with Crippen LogP contribution >= 0.6 is 11.3 Å². The van der Waals surface area contributed by atoms with E-state index < -0.39 is 0 Å². The van der Waals surface area contributed by atoms with Gasteiger partial charge in [0.25, 0.3) is 0 Å². The van der Waals surface area contributed by atoms with E-state index in [1.807, 2.05) is 18.4 Å². The first-order chi connectivity index (χ1) is 6.29. The van der Waals surface area contributed by atoms with Crippen molar-refractivity contribution in [2.45, 2.75) is 6.92 Å². The summed E-state index contributed by atoms with van der Waals surface area (Å²) < 4.78 is 0. The maximum Gasteiger partial charge on any atom is 0.225 e. The molecule has 0 bridgehead atoms. The lowest BCUT2D eigenvalue weighted by Crippen LogP contribution is -2.00. The van der Waals surface area contributed by atoms with Crippen LogP contribution in [0.15, 0.2) is 17.6 Å². The highest BCUT2D eigenvalue weighted by atomic mass is 32.1. The molecule has 2 aromatic heterocycles. The van der Waals surface area contributed by atoms with Crippen LogP contribution in [-0.4, -0.2) is 21.2 Å². The SMILES string of the molecule is Cc1ccsc1C(=O)c1cn[nH]n1. The third-order valence-electron chi connectivity index (χ3n) is 1.72. The number of rotatable bonds is 2. The van der Waals surface area contributed by atoms with Gasteiger partial charge in [0.1, 0.15) is 0 Å². The van der Waals surface area contributed by atoms with Crippen LogP contribution in [0, 0.1) is 6.92 Å². The number of aryl methyl sites for hydroxylation is 1. The summed E-state index contributed by atoms with van der Waals surface area (Å²) in [6.07, 6.45) is 1.43. The number of ketones is 1. The van der Waals surface area contributed by atoms with Crippen LogP contribution in [-0.2, 0) is 0 Å². The molecule has 5 heteroatoms. The summed E-state index contributed by atoms with van der Waals surface area (Å²) in [5.74, 6) is -0.0683. The van der Waals surface area contributed by atoms with Crippen molar-refractivity contribution in [3.05, 3.63) is 33.8 Å². The van der Waals surface area contributed by atoms with Gasteiger partial charge >= 0.3 is 0 Å². The number of aromatic nitrogens is 3. The molecule has 0 aliphatic rings. The average Bonchev–Trinajstić information content (AvgIpc) is 2.72. The zero-order chi connectivity index (χ0) is 9.26. The van der Waals surface area contributed by atoms with E-state index in [0.717, 1.165) is 10.4 Å². The summed E-state index contributed by atoms with van der Waals surface area (Å²) in [5, 5.41) is 11.6. The molecule has 0 saturated heterocycles. The Morgan fingerprint density at radius 3 is 3.00 bits per heavy atom. The molecule has 0 aliphatic carbocycles. The van der Waals surface area contributed by atoms with Crippen molar-refractivity contribution < 1.29 is 4.79 Å². The quantitative estimate of drug-likeness (QED) is 0.733. The van der Waals surface area contributed by atoms with Gasteiger partial charge in [-0.15, -0.1) is 11.3 Å². The predicted molar refractivity (Wildman–Crippen MR) is 48.9 cm³/mol. The van der Waals surface area contributed by atoms with Gasteiger partial charge in [-0.3, -0.25) is 4.79 Å². The molecule has 1 N–H and O–H groups in total. The Kier molecular flexibility index (Phi) is 1.94. The van der Waals surface area contributed by atoms with Crippen molar-refractivity contribution in [1.29, 1.82) is 0 Å². The summed E-state index contributed by atoms with van der Waals surface area (Å²) in [5.41, 5.74) is 1.35. The molecule has 0 saturated carbocycles. The van der Waals surface area contributed by atoms with Gasteiger partial charge in [-0.1, -0.05) is 0 Å². The van der Waals surface area contributed by atoms with Crippen molar-refractivity contribution >= 4 is 17.1 Å². The molecular weight excluding hydrogens is 186 g/mol. The zero-order valence-electron chi connectivity index (χ0n) is 6.94. The van der Waals surface area contributed by atoms with E-state index in [9.17, 15) is 4.79 Å². The number of nitrogens with one attached hydrogen (secondary N) is 1. The molecule has 13 heavy (non-hydrogen) atoms. The first-order valence-corrected chi connectivity index (χ1v) is 4.61. The number of thiophene rings is 1. The number of hydrogen-bond acceptors (Lipinski definition) is 4. The van der Waals surface area contributed by atoms with Gasteiger partial charge in [0.15, 0.2) is 5.69 Å². The summed E-state index contributed by atoms with van der Waals surface area (Å²) >= 11 is 1.42. The molecule has 0 amide bonds. The lowest BCUT2D eigenvalue weighted by Gasteiger charge is -1.92. The largest absolute Gasteiger partial charge is 0.286 e. The van der Waals surface area contributed by atoms with E-state index in [0.29, 0.717) is 5.69 Å². The van der Waals surface area contributed by atoms with Crippen molar-refractivity contribution in [3.8, 4) is 0 Å². The fraction of sp³-hybridized carbons (Fsp3) is 0.125. The van der Waals surface area contributed by atoms with E-state index >= 15 is 0 Å². The second-order valence-electron chi connectivity index (χ2n) is 2.62. The monoisotopic (exact) mass is 193 g/mol. The molecule has 0 radical (unpaired) electrons. The molecule has 0 fully saturated rings. The molecular formula is C8H7N3OS. The van der Waals surface area contributed by atoms with Crippen molar-refractivity contribution in [2.75, 3.05) is 0 Å². The third-order valence-corrected chi connectivity index (χ3v) is 2.73. The fourth-order valence-corrected chi connectivity index (χ4v) is 1.91. The Hall–Kier alpha value is -1.49. The van der Waals surface area contributed by atoms with Crippen molar-refractivity contribution in [3.63, 3.8) is 0 Å². The summed E-state index contributed by atoms with van der Waals surface area (Å²) in [4.78, 5) is 12.4. The topological polar surface area (TPSA) is 58.6 Å². The van der Waals surface area contributed by atoms with Gasteiger partial charge in [-0.25, -0.2) is 0 Å². The number of carbonyl (C=O) groups excluding carboxylic acids is 1. The molecule has 0 atom stereocenters. The van der Waals surface area contributed by atoms with Gasteiger partial charge in [0.05, 0.1) is 11.1 Å². The van der Waals surface area contributed by atoms with Crippen LogP contribution in [0.4, 0.5) is 0 Å². The van der Waals surface area contributed by atoms with Gasteiger partial charge in [0.2, 0.25) is 5.78 Å². The van der Waals surface area contributed by atoms with Crippen LogP contribution in [0.2, 0.25) is 0 Å². The molecule has 0 spiro atoms. The first kappa shape index (κ1) is 8.12. The van der Waals surface area contributed by atoms with Crippen molar-refractivity contribution in [2.24, 2.45) is 0 Å². The van der Waals surface area contributed by atoms with Crippen LogP contribution in [0.3, 0.4) is 0 Å². The minimum absolute atomic E-state index is 0.0683. The maximum atomic E-state index is 11.7. The number of nitrogens with zero attached hydrogens (tertiary/aromatic N) is 2. The molecule has 66 valence electrons. The first-order valence-electron chi connectivity index (χ1n) is 3.73. The Morgan fingerprint density at radius 1 is 1.62 bits per heavy atom. The zero-order valence-corrected chi connectivity index (χ0v) is 7.76.